The number of nitrogens with zero attached hydrogens (tertiary/aromatic N) is 2. The summed E-state index contributed by atoms with van der Waals surface area (Å²) in [5, 5.41) is 13.9. The molecule has 1 heterocycles. The van der Waals surface area contributed by atoms with Crippen molar-refractivity contribution in [2.75, 3.05) is 24.3 Å². The second-order valence-electron chi connectivity index (χ2n) is 6.08. The summed E-state index contributed by atoms with van der Waals surface area (Å²) in [6.07, 6.45) is -0.126. The van der Waals surface area contributed by atoms with E-state index < -0.39 is 0 Å². The highest BCUT2D eigenvalue weighted by atomic mass is 16.5. The van der Waals surface area contributed by atoms with E-state index in [2.05, 4.69) is 20.8 Å². The number of methoxy groups -OCH3 is 1. The Morgan fingerprint density at radius 1 is 0.964 bits per heavy atom. The number of anilines is 2. The van der Waals surface area contributed by atoms with E-state index in [1.54, 1.807) is 19.2 Å². The molecule has 0 fully saturated rings. The molecule has 144 valence electrons. The zero-order chi connectivity index (χ0) is 19.8. The number of aromatic nitrogens is 2. The van der Waals surface area contributed by atoms with Crippen LogP contribution in [0.5, 0.6) is 11.5 Å². The molecule has 1 amide bonds. The molecule has 1 atom stereocenters. The van der Waals surface area contributed by atoms with Crippen molar-refractivity contribution in [3.8, 4) is 11.5 Å². The maximum absolute atomic E-state index is 12.2. The first-order valence-corrected chi connectivity index (χ1v) is 8.89. The summed E-state index contributed by atoms with van der Waals surface area (Å²) in [6.45, 7) is 2.46. The molecule has 28 heavy (non-hydrogen) atoms. The largest absolute Gasteiger partial charge is 0.493 e. The number of hydrogen-bond acceptors (Lipinski definition) is 6. The third-order valence-electron chi connectivity index (χ3n) is 3.90. The van der Waals surface area contributed by atoms with E-state index in [1.807, 2.05) is 61.5 Å². The van der Waals surface area contributed by atoms with Gasteiger partial charge in [-0.2, -0.15) is 0 Å². The normalized spacial score (nSPS) is 11.4. The topological polar surface area (TPSA) is 85.4 Å². The summed E-state index contributed by atoms with van der Waals surface area (Å²) < 4.78 is 11.2. The number of para-hydroxylation sites is 3. The number of nitrogens with one attached hydrogen (secondary N) is 2. The predicted molar refractivity (Wildman–Crippen MR) is 108 cm³/mol. The highest BCUT2D eigenvalue weighted by molar-refractivity contribution is 6.02. The molecule has 1 unspecified atom stereocenters. The van der Waals surface area contributed by atoms with Gasteiger partial charge in [0.25, 0.3) is 5.91 Å². The number of benzene rings is 2. The molecule has 0 saturated heterocycles. The lowest BCUT2D eigenvalue weighted by atomic mass is 10.3. The van der Waals surface area contributed by atoms with Gasteiger partial charge in [0.2, 0.25) is 0 Å². The standard InChI is InChI=1S/C21H22N4O3/c1-15(28-19-11-7-6-10-18(19)27-2)14-22-20-13-12-17(24-25-20)21(26)23-16-8-4-3-5-9-16/h3-13,15H,14H2,1-2H3,(H,22,25)(H,23,26). The second-order valence-corrected chi connectivity index (χ2v) is 6.08. The predicted octanol–water partition coefficient (Wildman–Crippen LogP) is 3.62. The Balaban J connectivity index is 1.52. The minimum absolute atomic E-state index is 0.126. The van der Waals surface area contributed by atoms with Crippen LogP contribution in [0.4, 0.5) is 11.5 Å². The Morgan fingerprint density at radius 2 is 1.68 bits per heavy atom. The van der Waals surface area contributed by atoms with Crippen molar-refractivity contribution in [1.82, 2.24) is 10.2 Å². The van der Waals surface area contributed by atoms with Crippen LogP contribution >= 0.6 is 0 Å². The van der Waals surface area contributed by atoms with E-state index in [4.69, 9.17) is 9.47 Å². The zero-order valence-electron chi connectivity index (χ0n) is 15.8. The molecule has 0 aliphatic carbocycles. The maximum atomic E-state index is 12.2. The third-order valence-corrected chi connectivity index (χ3v) is 3.90. The highest BCUT2D eigenvalue weighted by Crippen LogP contribution is 2.26. The van der Waals surface area contributed by atoms with Crippen LogP contribution in [0.3, 0.4) is 0 Å². The van der Waals surface area contributed by atoms with Crippen molar-refractivity contribution in [3.05, 3.63) is 72.4 Å². The Kier molecular flexibility index (Phi) is 6.41. The molecular formula is C21H22N4O3. The quantitative estimate of drug-likeness (QED) is 0.623. The van der Waals surface area contributed by atoms with Crippen molar-refractivity contribution in [3.63, 3.8) is 0 Å². The van der Waals surface area contributed by atoms with Crippen LogP contribution in [0.2, 0.25) is 0 Å². The summed E-state index contributed by atoms with van der Waals surface area (Å²) in [5.41, 5.74) is 0.950. The molecule has 2 N–H and O–H groups in total. The van der Waals surface area contributed by atoms with E-state index in [0.717, 1.165) is 0 Å². The van der Waals surface area contributed by atoms with E-state index in [0.29, 0.717) is 29.5 Å². The van der Waals surface area contributed by atoms with Gasteiger partial charge in [-0.3, -0.25) is 4.79 Å². The summed E-state index contributed by atoms with van der Waals surface area (Å²) in [4.78, 5) is 12.2. The van der Waals surface area contributed by atoms with Gasteiger partial charge in [-0.25, -0.2) is 0 Å². The smallest absolute Gasteiger partial charge is 0.276 e. The van der Waals surface area contributed by atoms with Crippen LogP contribution < -0.4 is 20.1 Å². The maximum Gasteiger partial charge on any atom is 0.276 e. The average Bonchev–Trinajstić information content (AvgIpc) is 2.74. The van der Waals surface area contributed by atoms with Gasteiger partial charge < -0.3 is 20.1 Å². The Hall–Kier alpha value is -3.61. The molecule has 2 aromatic carbocycles. The number of carbonyl (C=O) groups excluding carboxylic acids is 1. The first-order chi connectivity index (χ1) is 13.7. The zero-order valence-corrected chi connectivity index (χ0v) is 15.8. The van der Waals surface area contributed by atoms with Crippen molar-refractivity contribution < 1.29 is 14.3 Å². The fourth-order valence-corrected chi connectivity index (χ4v) is 2.49. The van der Waals surface area contributed by atoms with Crippen molar-refractivity contribution in [2.24, 2.45) is 0 Å². The van der Waals surface area contributed by atoms with Crippen molar-refractivity contribution in [1.29, 1.82) is 0 Å². The molecule has 7 nitrogen and oxygen atoms in total. The van der Waals surface area contributed by atoms with Gasteiger partial charge in [-0.05, 0) is 43.3 Å². The summed E-state index contributed by atoms with van der Waals surface area (Å²) in [6, 6.07) is 20.0. The number of carbonyl (C=O) groups is 1. The lowest BCUT2D eigenvalue weighted by Gasteiger charge is -2.17. The first kappa shape index (κ1) is 19.2. The van der Waals surface area contributed by atoms with Crippen molar-refractivity contribution >= 4 is 17.4 Å². The highest BCUT2D eigenvalue weighted by Gasteiger charge is 2.11. The van der Waals surface area contributed by atoms with Crippen LogP contribution in [0, 0.1) is 0 Å². The first-order valence-electron chi connectivity index (χ1n) is 8.89. The molecule has 0 spiro atoms. The molecule has 7 heteroatoms. The lowest BCUT2D eigenvalue weighted by molar-refractivity contribution is 0.102. The Bertz CT molecular complexity index is 901. The van der Waals surface area contributed by atoms with Crippen LogP contribution in [-0.4, -0.2) is 35.9 Å². The Morgan fingerprint density at radius 3 is 2.36 bits per heavy atom. The second kappa shape index (κ2) is 9.36. The van der Waals surface area contributed by atoms with Gasteiger partial charge in [-0.1, -0.05) is 30.3 Å². The summed E-state index contributed by atoms with van der Waals surface area (Å²) >= 11 is 0. The van der Waals surface area contributed by atoms with Gasteiger partial charge in [0.1, 0.15) is 11.9 Å². The van der Waals surface area contributed by atoms with Crippen LogP contribution in [0.25, 0.3) is 0 Å². The molecule has 0 aliphatic heterocycles. The van der Waals surface area contributed by atoms with Gasteiger partial charge in [0.05, 0.1) is 13.7 Å². The molecule has 0 aliphatic rings. The minimum atomic E-state index is -0.307. The molecule has 3 aromatic rings. The van der Waals surface area contributed by atoms with Gasteiger partial charge in [-0.15, -0.1) is 10.2 Å². The number of rotatable bonds is 8. The molecule has 0 saturated carbocycles. The molecular weight excluding hydrogens is 356 g/mol. The monoisotopic (exact) mass is 378 g/mol. The Labute approximate surface area is 163 Å². The molecule has 1 aromatic heterocycles. The molecule has 0 radical (unpaired) electrons. The van der Waals surface area contributed by atoms with Gasteiger partial charge in [0.15, 0.2) is 17.2 Å². The van der Waals surface area contributed by atoms with E-state index >= 15 is 0 Å². The SMILES string of the molecule is COc1ccccc1OC(C)CNc1ccc(C(=O)Nc2ccccc2)nn1. The fraction of sp³-hybridized carbons (Fsp3) is 0.190. The van der Waals surface area contributed by atoms with E-state index in [9.17, 15) is 4.79 Å². The molecule has 0 bridgehead atoms. The van der Waals surface area contributed by atoms with E-state index in [1.165, 1.54) is 0 Å². The van der Waals surface area contributed by atoms with Gasteiger partial charge >= 0.3 is 0 Å². The van der Waals surface area contributed by atoms with Gasteiger partial charge in [0, 0.05) is 5.69 Å². The van der Waals surface area contributed by atoms with Crippen LogP contribution in [-0.2, 0) is 0 Å². The number of amides is 1. The third kappa shape index (κ3) is 5.20. The van der Waals surface area contributed by atoms with Crippen LogP contribution in [0.1, 0.15) is 17.4 Å². The average molecular weight is 378 g/mol. The fourth-order valence-electron chi connectivity index (χ4n) is 2.49. The summed E-state index contributed by atoms with van der Waals surface area (Å²) in [7, 11) is 1.61. The number of hydrogen-bond donors (Lipinski definition) is 2. The number of ether oxygens (including phenoxy) is 2. The van der Waals surface area contributed by atoms with Crippen LogP contribution in [0.15, 0.2) is 66.7 Å². The minimum Gasteiger partial charge on any atom is -0.493 e. The van der Waals surface area contributed by atoms with Crippen molar-refractivity contribution in [2.45, 2.75) is 13.0 Å². The van der Waals surface area contributed by atoms with E-state index in [-0.39, 0.29) is 17.7 Å². The lowest BCUT2D eigenvalue weighted by Crippen LogP contribution is -2.23. The summed E-state index contributed by atoms with van der Waals surface area (Å²) in [5.74, 6) is 1.62. The molecule has 3 rings (SSSR count).